The summed E-state index contributed by atoms with van der Waals surface area (Å²) >= 11 is 1.47. The molecule has 8 heteroatoms. The molecule has 2 N–H and O–H groups in total. The Hall–Kier alpha value is -2.84. The van der Waals surface area contributed by atoms with Gasteiger partial charge in [0.2, 0.25) is 5.91 Å². The van der Waals surface area contributed by atoms with Crippen LogP contribution in [0.3, 0.4) is 0 Å². The van der Waals surface area contributed by atoms with Gasteiger partial charge in [-0.1, -0.05) is 30.0 Å². The van der Waals surface area contributed by atoms with Gasteiger partial charge in [0.1, 0.15) is 18.2 Å². The number of nitrogens with zero attached hydrogens (tertiary/aromatic N) is 3. The smallest absolute Gasteiger partial charge is 0.221 e. The maximum Gasteiger partial charge on any atom is 0.221 e. The molecule has 3 aromatic rings. The van der Waals surface area contributed by atoms with Gasteiger partial charge < -0.3 is 15.2 Å². The van der Waals surface area contributed by atoms with Gasteiger partial charge in [0, 0.05) is 30.0 Å². The highest BCUT2D eigenvalue weighted by molar-refractivity contribution is 7.99. The fraction of sp³-hybridized carbons (Fsp3) is 0.318. The van der Waals surface area contributed by atoms with Gasteiger partial charge >= 0.3 is 0 Å². The van der Waals surface area contributed by atoms with Crippen molar-refractivity contribution >= 4 is 23.4 Å². The van der Waals surface area contributed by atoms with E-state index in [1.165, 1.54) is 18.7 Å². The molecule has 1 aromatic heterocycles. The molecule has 0 spiro atoms. The summed E-state index contributed by atoms with van der Waals surface area (Å²) in [6.45, 7) is 1.63. The summed E-state index contributed by atoms with van der Waals surface area (Å²) in [7, 11) is 0. The monoisotopic (exact) mass is 424 g/mol. The summed E-state index contributed by atoms with van der Waals surface area (Å²) in [5.74, 6) is 2.43. The average molecular weight is 425 g/mol. The summed E-state index contributed by atoms with van der Waals surface area (Å²) in [5.41, 5.74) is 1.74. The summed E-state index contributed by atoms with van der Waals surface area (Å²) in [6.07, 6.45) is 1.63. The van der Waals surface area contributed by atoms with Crippen LogP contribution in [0.2, 0.25) is 0 Å². The summed E-state index contributed by atoms with van der Waals surface area (Å²) < 4.78 is 7.76. The number of para-hydroxylation sites is 1. The third kappa shape index (κ3) is 5.20. The van der Waals surface area contributed by atoms with Crippen molar-refractivity contribution in [2.45, 2.75) is 36.9 Å². The number of thioether (sulfide) groups is 1. The molecule has 1 unspecified atom stereocenters. The van der Waals surface area contributed by atoms with Crippen molar-refractivity contribution in [3.8, 4) is 11.4 Å². The number of hydrogen-bond acceptors (Lipinski definition) is 6. The van der Waals surface area contributed by atoms with E-state index >= 15 is 0 Å². The minimum atomic E-state index is -0.657. The van der Waals surface area contributed by atoms with Gasteiger partial charge in [0.15, 0.2) is 5.16 Å². The quantitative estimate of drug-likeness (QED) is 0.510. The Kier molecular flexibility index (Phi) is 6.35. The minimum Gasteiger partial charge on any atom is -0.491 e. The molecular weight excluding hydrogens is 400 g/mol. The van der Waals surface area contributed by atoms with E-state index in [9.17, 15) is 9.90 Å². The molecule has 0 bridgehead atoms. The Morgan fingerprint density at radius 2 is 1.93 bits per heavy atom. The van der Waals surface area contributed by atoms with Crippen LogP contribution in [-0.2, 0) is 4.79 Å². The molecule has 0 radical (unpaired) electrons. The zero-order chi connectivity index (χ0) is 20.9. The van der Waals surface area contributed by atoms with Gasteiger partial charge in [0.05, 0.1) is 6.10 Å². The number of rotatable bonds is 9. The first kappa shape index (κ1) is 20.4. The fourth-order valence-electron chi connectivity index (χ4n) is 3.05. The van der Waals surface area contributed by atoms with Crippen molar-refractivity contribution in [1.29, 1.82) is 0 Å². The van der Waals surface area contributed by atoms with Crippen LogP contribution in [0, 0.1) is 0 Å². The number of aliphatic hydroxyl groups excluding tert-OH is 1. The first-order chi connectivity index (χ1) is 14.6. The van der Waals surface area contributed by atoms with Gasteiger partial charge in [-0.15, -0.1) is 10.2 Å². The zero-order valence-corrected chi connectivity index (χ0v) is 17.5. The SMILES string of the molecule is CC(=O)Nc1ccc(OCC(O)CSc2nnc(C3CC3)n2-c2ccccc2)cc1. The second-order valence-electron chi connectivity index (χ2n) is 7.27. The largest absolute Gasteiger partial charge is 0.491 e. The summed E-state index contributed by atoms with van der Waals surface area (Å²) in [4.78, 5) is 11.1. The molecule has 1 amide bonds. The van der Waals surface area contributed by atoms with Crippen molar-refractivity contribution in [3.05, 3.63) is 60.4 Å². The van der Waals surface area contributed by atoms with Crippen LogP contribution in [-0.4, -0.2) is 44.2 Å². The Labute approximate surface area is 179 Å². The van der Waals surface area contributed by atoms with Gasteiger partial charge in [-0.2, -0.15) is 0 Å². The third-order valence-electron chi connectivity index (χ3n) is 4.64. The molecule has 156 valence electrons. The second-order valence-corrected chi connectivity index (χ2v) is 8.25. The molecule has 1 saturated carbocycles. The number of benzene rings is 2. The molecule has 1 fully saturated rings. The lowest BCUT2D eigenvalue weighted by molar-refractivity contribution is -0.114. The van der Waals surface area contributed by atoms with Gasteiger partial charge in [-0.3, -0.25) is 9.36 Å². The molecule has 1 aliphatic carbocycles. The van der Waals surface area contributed by atoms with Gasteiger partial charge in [0.25, 0.3) is 0 Å². The van der Waals surface area contributed by atoms with E-state index in [4.69, 9.17) is 4.74 Å². The number of carbonyl (C=O) groups excluding carboxylic acids is 1. The molecular formula is C22H24N4O3S. The highest BCUT2D eigenvalue weighted by atomic mass is 32.2. The molecule has 0 aliphatic heterocycles. The lowest BCUT2D eigenvalue weighted by Gasteiger charge is -2.13. The highest BCUT2D eigenvalue weighted by Gasteiger charge is 2.31. The first-order valence-corrected chi connectivity index (χ1v) is 10.9. The molecule has 4 rings (SSSR count). The average Bonchev–Trinajstić information content (AvgIpc) is 3.51. The summed E-state index contributed by atoms with van der Waals surface area (Å²) in [6, 6.07) is 17.1. The number of anilines is 1. The van der Waals surface area contributed by atoms with E-state index < -0.39 is 6.10 Å². The number of aromatic nitrogens is 3. The number of nitrogens with one attached hydrogen (secondary N) is 1. The molecule has 2 aromatic carbocycles. The van der Waals surface area contributed by atoms with E-state index in [0.29, 0.717) is 23.1 Å². The van der Waals surface area contributed by atoms with E-state index in [2.05, 4.69) is 20.1 Å². The molecule has 30 heavy (non-hydrogen) atoms. The van der Waals surface area contributed by atoms with Gasteiger partial charge in [-0.25, -0.2) is 0 Å². The van der Waals surface area contributed by atoms with Crippen LogP contribution in [0.25, 0.3) is 5.69 Å². The molecule has 0 saturated heterocycles. The van der Waals surface area contributed by atoms with E-state index in [1.54, 1.807) is 24.3 Å². The summed E-state index contributed by atoms with van der Waals surface area (Å²) in [5, 5.41) is 22.6. The maximum absolute atomic E-state index is 11.1. The zero-order valence-electron chi connectivity index (χ0n) is 16.7. The van der Waals surface area contributed by atoms with Crippen LogP contribution in [0.1, 0.15) is 31.5 Å². The molecule has 1 atom stereocenters. The Balaban J connectivity index is 1.34. The molecule has 1 aliphatic rings. The van der Waals surface area contributed by atoms with Crippen molar-refractivity contribution in [2.75, 3.05) is 17.7 Å². The fourth-order valence-corrected chi connectivity index (χ4v) is 3.91. The number of ether oxygens (including phenoxy) is 1. The van der Waals surface area contributed by atoms with Crippen molar-refractivity contribution in [1.82, 2.24) is 14.8 Å². The van der Waals surface area contributed by atoms with E-state index in [-0.39, 0.29) is 12.5 Å². The number of carbonyl (C=O) groups is 1. The number of hydrogen-bond donors (Lipinski definition) is 2. The lowest BCUT2D eigenvalue weighted by Crippen LogP contribution is -2.20. The van der Waals surface area contributed by atoms with Crippen molar-refractivity contribution < 1.29 is 14.6 Å². The Morgan fingerprint density at radius 1 is 1.20 bits per heavy atom. The van der Waals surface area contributed by atoms with Crippen LogP contribution in [0.4, 0.5) is 5.69 Å². The number of amides is 1. The van der Waals surface area contributed by atoms with E-state index in [0.717, 1.165) is 29.5 Å². The normalized spacial score (nSPS) is 14.3. The minimum absolute atomic E-state index is 0.121. The predicted octanol–water partition coefficient (Wildman–Crippen LogP) is 3.64. The van der Waals surface area contributed by atoms with Crippen molar-refractivity contribution in [3.63, 3.8) is 0 Å². The van der Waals surface area contributed by atoms with Crippen molar-refractivity contribution in [2.24, 2.45) is 0 Å². The van der Waals surface area contributed by atoms with Crippen LogP contribution in [0.15, 0.2) is 59.8 Å². The number of aliphatic hydroxyl groups is 1. The predicted molar refractivity (Wildman–Crippen MR) is 116 cm³/mol. The van der Waals surface area contributed by atoms with Crippen LogP contribution >= 0.6 is 11.8 Å². The topological polar surface area (TPSA) is 89.3 Å². The van der Waals surface area contributed by atoms with E-state index in [1.807, 2.05) is 30.3 Å². The molecule has 7 nitrogen and oxygen atoms in total. The van der Waals surface area contributed by atoms with Crippen LogP contribution < -0.4 is 10.1 Å². The Morgan fingerprint density at radius 3 is 2.60 bits per heavy atom. The first-order valence-electron chi connectivity index (χ1n) is 9.92. The molecule has 1 heterocycles. The van der Waals surface area contributed by atoms with Gasteiger partial charge in [-0.05, 0) is 49.2 Å². The van der Waals surface area contributed by atoms with Crippen LogP contribution in [0.5, 0.6) is 5.75 Å². The Bertz CT molecular complexity index is 987. The lowest BCUT2D eigenvalue weighted by atomic mass is 10.3. The second kappa shape index (κ2) is 9.32. The maximum atomic E-state index is 11.1. The standard InChI is InChI=1S/C22H24N4O3S/c1-15(27)23-17-9-11-20(12-10-17)29-13-19(28)14-30-22-25-24-21(16-7-8-16)26(22)18-5-3-2-4-6-18/h2-6,9-12,16,19,28H,7-8,13-14H2,1H3,(H,23,27). The third-order valence-corrected chi connectivity index (χ3v) is 5.71. The highest BCUT2D eigenvalue weighted by Crippen LogP contribution is 2.41.